The summed E-state index contributed by atoms with van der Waals surface area (Å²) in [5.41, 5.74) is 0.840. The first-order valence-corrected chi connectivity index (χ1v) is 8.69. The molecule has 1 atom stereocenters. The van der Waals surface area contributed by atoms with Gasteiger partial charge in [0.15, 0.2) is 9.84 Å². The third-order valence-electron chi connectivity index (χ3n) is 3.52. The molecule has 106 valence electrons. The van der Waals surface area contributed by atoms with Crippen LogP contribution < -0.4 is 10.2 Å². The highest BCUT2D eigenvalue weighted by Crippen LogP contribution is 2.27. The molecule has 1 fully saturated rings. The number of piperidine rings is 1. The van der Waals surface area contributed by atoms with Gasteiger partial charge in [-0.25, -0.2) is 8.42 Å². The maximum absolute atomic E-state index is 11.9. The summed E-state index contributed by atoms with van der Waals surface area (Å²) in [6, 6.07) is 7.74. The monoisotopic (exact) mass is 282 g/mol. The van der Waals surface area contributed by atoms with Gasteiger partial charge < -0.3 is 10.2 Å². The summed E-state index contributed by atoms with van der Waals surface area (Å²) in [6.07, 6.45) is 3.53. The molecule has 4 nitrogen and oxygen atoms in total. The average molecular weight is 282 g/mol. The van der Waals surface area contributed by atoms with Crippen molar-refractivity contribution in [1.29, 1.82) is 0 Å². The Morgan fingerprint density at radius 3 is 2.79 bits per heavy atom. The number of sulfone groups is 1. The molecule has 0 radical (unpaired) electrons. The highest BCUT2D eigenvalue weighted by atomic mass is 32.2. The molecule has 0 amide bonds. The predicted molar refractivity (Wildman–Crippen MR) is 78.5 cm³/mol. The zero-order valence-electron chi connectivity index (χ0n) is 11.6. The lowest BCUT2D eigenvalue weighted by molar-refractivity contribution is 0.430. The van der Waals surface area contributed by atoms with Crippen molar-refractivity contribution >= 4 is 15.5 Å². The first-order chi connectivity index (χ1) is 9.02. The van der Waals surface area contributed by atoms with E-state index in [2.05, 4.69) is 17.1 Å². The lowest BCUT2D eigenvalue weighted by Gasteiger charge is -2.35. The number of para-hydroxylation sites is 1. The van der Waals surface area contributed by atoms with Crippen LogP contribution in [-0.2, 0) is 9.84 Å². The molecule has 0 bridgehead atoms. The van der Waals surface area contributed by atoms with Crippen molar-refractivity contribution in [1.82, 2.24) is 5.32 Å². The predicted octanol–water partition coefficient (Wildman–Crippen LogP) is 1.67. The van der Waals surface area contributed by atoms with E-state index < -0.39 is 9.84 Å². The second-order valence-corrected chi connectivity index (χ2v) is 7.07. The van der Waals surface area contributed by atoms with Crippen LogP contribution in [-0.4, -0.2) is 40.3 Å². The zero-order valence-corrected chi connectivity index (χ0v) is 12.4. The van der Waals surface area contributed by atoms with Crippen molar-refractivity contribution in [3.8, 4) is 0 Å². The van der Waals surface area contributed by atoms with Crippen LogP contribution >= 0.6 is 0 Å². The molecule has 1 aromatic rings. The second kappa shape index (κ2) is 5.92. The summed E-state index contributed by atoms with van der Waals surface area (Å²) in [4.78, 5) is 2.62. The summed E-state index contributed by atoms with van der Waals surface area (Å²) >= 11 is 0. The van der Waals surface area contributed by atoms with Gasteiger partial charge in [0.2, 0.25) is 0 Å². The summed E-state index contributed by atoms with van der Waals surface area (Å²) in [5, 5.41) is 3.45. The molecule has 1 saturated heterocycles. The van der Waals surface area contributed by atoms with Gasteiger partial charge in [0.1, 0.15) is 0 Å². The second-order valence-electron chi connectivity index (χ2n) is 5.08. The fourth-order valence-electron chi connectivity index (χ4n) is 2.68. The Morgan fingerprint density at radius 1 is 1.37 bits per heavy atom. The van der Waals surface area contributed by atoms with E-state index in [0.717, 1.165) is 38.2 Å². The molecule has 1 aliphatic heterocycles. The van der Waals surface area contributed by atoms with Crippen LogP contribution in [0, 0.1) is 0 Å². The number of anilines is 1. The van der Waals surface area contributed by atoms with E-state index in [1.54, 1.807) is 12.1 Å². The number of nitrogens with zero attached hydrogens (tertiary/aromatic N) is 1. The Bertz CT molecular complexity index is 526. The molecule has 1 aromatic carbocycles. The van der Waals surface area contributed by atoms with Crippen LogP contribution in [0.3, 0.4) is 0 Å². The number of nitrogens with one attached hydrogen (secondary N) is 1. The number of hydrogen-bond acceptors (Lipinski definition) is 4. The largest absolute Gasteiger partial charge is 0.369 e. The third kappa shape index (κ3) is 3.48. The lowest BCUT2D eigenvalue weighted by Crippen LogP contribution is -2.46. The molecule has 0 spiro atoms. The molecule has 1 aliphatic rings. The van der Waals surface area contributed by atoms with Gasteiger partial charge in [0.25, 0.3) is 0 Å². The first kappa shape index (κ1) is 14.3. The van der Waals surface area contributed by atoms with Gasteiger partial charge in [-0.2, -0.15) is 0 Å². The zero-order chi connectivity index (χ0) is 13.9. The SMILES string of the molecule is CCNC1CCCN(c2ccccc2S(C)(=O)=O)C1. The Labute approximate surface area is 115 Å². The van der Waals surface area contributed by atoms with Crippen LogP contribution in [0.1, 0.15) is 19.8 Å². The molecule has 19 heavy (non-hydrogen) atoms. The van der Waals surface area contributed by atoms with Crippen molar-refractivity contribution in [2.75, 3.05) is 30.8 Å². The Kier molecular flexibility index (Phi) is 4.47. The maximum Gasteiger partial charge on any atom is 0.177 e. The average Bonchev–Trinajstić information content (AvgIpc) is 2.38. The molecular weight excluding hydrogens is 260 g/mol. The Balaban J connectivity index is 2.27. The molecule has 1 N–H and O–H groups in total. The van der Waals surface area contributed by atoms with Crippen molar-refractivity contribution in [3.63, 3.8) is 0 Å². The topological polar surface area (TPSA) is 49.4 Å². The number of rotatable bonds is 4. The van der Waals surface area contributed by atoms with E-state index in [-0.39, 0.29) is 0 Å². The van der Waals surface area contributed by atoms with E-state index in [4.69, 9.17) is 0 Å². The van der Waals surface area contributed by atoms with Gasteiger partial charge in [0.05, 0.1) is 10.6 Å². The van der Waals surface area contributed by atoms with Crippen LogP contribution in [0.4, 0.5) is 5.69 Å². The quantitative estimate of drug-likeness (QED) is 0.912. The summed E-state index contributed by atoms with van der Waals surface area (Å²) in [5.74, 6) is 0. The number of likely N-dealkylation sites (N-methyl/N-ethyl adjacent to an activating group) is 1. The lowest BCUT2D eigenvalue weighted by atomic mass is 10.0. The normalized spacial score (nSPS) is 20.5. The van der Waals surface area contributed by atoms with E-state index >= 15 is 0 Å². The molecule has 0 aliphatic carbocycles. The van der Waals surface area contributed by atoms with E-state index in [1.807, 2.05) is 12.1 Å². The fourth-order valence-corrected chi connectivity index (χ4v) is 3.59. The van der Waals surface area contributed by atoms with Gasteiger partial charge in [-0.1, -0.05) is 19.1 Å². The molecule has 2 rings (SSSR count). The highest BCUT2D eigenvalue weighted by Gasteiger charge is 2.23. The Morgan fingerprint density at radius 2 is 2.11 bits per heavy atom. The van der Waals surface area contributed by atoms with Gasteiger partial charge in [-0.05, 0) is 31.5 Å². The van der Waals surface area contributed by atoms with Crippen LogP contribution in [0.15, 0.2) is 29.2 Å². The van der Waals surface area contributed by atoms with Crippen LogP contribution in [0.25, 0.3) is 0 Å². The molecule has 0 saturated carbocycles. The maximum atomic E-state index is 11.9. The molecule has 1 heterocycles. The van der Waals surface area contributed by atoms with Crippen LogP contribution in [0.5, 0.6) is 0 Å². The van der Waals surface area contributed by atoms with Crippen LogP contribution in [0.2, 0.25) is 0 Å². The number of benzene rings is 1. The van der Waals surface area contributed by atoms with Crippen molar-refractivity contribution in [2.24, 2.45) is 0 Å². The van der Waals surface area contributed by atoms with Crippen molar-refractivity contribution < 1.29 is 8.42 Å². The highest BCUT2D eigenvalue weighted by molar-refractivity contribution is 7.90. The molecular formula is C14H22N2O2S. The van der Waals surface area contributed by atoms with Gasteiger partial charge in [-0.3, -0.25) is 0 Å². The minimum atomic E-state index is -3.17. The van der Waals surface area contributed by atoms with E-state index in [1.165, 1.54) is 6.26 Å². The molecule has 1 unspecified atom stereocenters. The summed E-state index contributed by atoms with van der Waals surface area (Å²) in [7, 11) is -3.17. The fraction of sp³-hybridized carbons (Fsp3) is 0.571. The third-order valence-corrected chi connectivity index (χ3v) is 4.66. The number of hydrogen-bond donors (Lipinski definition) is 1. The van der Waals surface area contributed by atoms with E-state index in [9.17, 15) is 8.42 Å². The van der Waals surface area contributed by atoms with Crippen molar-refractivity contribution in [3.05, 3.63) is 24.3 Å². The first-order valence-electron chi connectivity index (χ1n) is 6.79. The molecule has 0 aromatic heterocycles. The molecule has 5 heteroatoms. The summed E-state index contributed by atoms with van der Waals surface area (Å²) < 4.78 is 23.7. The standard InChI is InChI=1S/C14H22N2O2S/c1-3-15-12-7-6-10-16(11-12)13-8-4-5-9-14(13)19(2,17)18/h4-5,8-9,12,15H,3,6-7,10-11H2,1-2H3. The smallest absolute Gasteiger partial charge is 0.177 e. The minimum Gasteiger partial charge on any atom is -0.369 e. The van der Waals surface area contributed by atoms with Crippen molar-refractivity contribution in [2.45, 2.75) is 30.7 Å². The van der Waals surface area contributed by atoms with E-state index in [0.29, 0.717) is 10.9 Å². The van der Waals surface area contributed by atoms with Gasteiger partial charge in [-0.15, -0.1) is 0 Å². The van der Waals surface area contributed by atoms with Gasteiger partial charge >= 0.3 is 0 Å². The van der Waals surface area contributed by atoms with Gasteiger partial charge in [0, 0.05) is 25.4 Å². The minimum absolute atomic E-state index is 0.437. The summed E-state index contributed by atoms with van der Waals surface area (Å²) in [6.45, 7) is 4.85. The Hall–Kier alpha value is -1.07.